The molecular weight excluding hydrogens is 314 g/mol. The van der Waals surface area contributed by atoms with Crippen molar-refractivity contribution in [2.45, 2.75) is 19.4 Å². The van der Waals surface area contributed by atoms with Gasteiger partial charge in [0.15, 0.2) is 0 Å². The van der Waals surface area contributed by atoms with Crippen LogP contribution in [0.5, 0.6) is 0 Å². The molecule has 1 amide bonds. The molecule has 0 N–H and O–H groups in total. The number of carbonyl (C=O) groups is 1. The number of anilines is 1. The highest BCUT2D eigenvalue weighted by molar-refractivity contribution is 7.88. The van der Waals surface area contributed by atoms with Crippen LogP contribution in [-0.4, -0.2) is 68.6 Å². The molecule has 0 bridgehead atoms. The molecule has 2 aliphatic heterocycles. The second-order valence-corrected chi connectivity index (χ2v) is 8.23. The van der Waals surface area contributed by atoms with Gasteiger partial charge in [0.1, 0.15) is 0 Å². The van der Waals surface area contributed by atoms with Gasteiger partial charge in [0.05, 0.1) is 12.3 Å². The fourth-order valence-corrected chi connectivity index (χ4v) is 4.20. The second kappa shape index (κ2) is 6.22. The molecule has 2 aliphatic rings. The van der Waals surface area contributed by atoms with Gasteiger partial charge in [-0.3, -0.25) is 9.69 Å². The lowest BCUT2D eigenvalue weighted by Gasteiger charge is -2.37. The van der Waals surface area contributed by atoms with Crippen molar-refractivity contribution in [3.8, 4) is 0 Å². The summed E-state index contributed by atoms with van der Waals surface area (Å²) in [5.41, 5.74) is 2.23. The highest BCUT2D eigenvalue weighted by Crippen LogP contribution is 2.28. The van der Waals surface area contributed by atoms with E-state index in [-0.39, 0.29) is 11.9 Å². The molecular formula is C16H23N3O3S. The molecule has 0 saturated carbocycles. The van der Waals surface area contributed by atoms with Gasteiger partial charge in [0.25, 0.3) is 0 Å². The molecule has 0 aliphatic carbocycles. The maximum atomic E-state index is 12.8. The van der Waals surface area contributed by atoms with Crippen molar-refractivity contribution >= 4 is 21.6 Å². The summed E-state index contributed by atoms with van der Waals surface area (Å²) in [4.78, 5) is 16.8. The Kier molecular flexibility index (Phi) is 4.44. The zero-order chi connectivity index (χ0) is 16.6. The van der Waals surface area contributed by atoms with Gasteiger partial charge in [-0.1, -0.05) is 18.2 Å². The summed E-state index contributed by atoms with van der Waals surface area (Å²) in [6.07, 6.45) is 2.13. The number of amides is 1. The van der Waals surface area contributed by atoms with E-state index >= 15 is 0 Å². The molecule has 0 aromatic heterocycles. The lowest BCUT2D eigenvalue weighted by Crippen LogP contribution is -2.55. The lowest BCUT2D eigenvalue weighted by molar-refractivity contribution is -0.123. The smallest absolute Gasteiger partial charge is 0.244 e. The van der Waals surface area contributed by atoms with Crippen LogP contribution in [0.15, 0.2) is 24.3 Å². The Balaban J connectivity index is 1.66. The van der Waals surface area contributed by atoms with Gasteiger partial charge >= 0.3 is 0 Å². The van der Waals surface area contributed by atoms with E-state index in [0.29, 0.717) is 26.2 Å². The third kappa shape index (κ3) is 3.27. The first-order valence-corrected chi connectivity index (χ1v) is 9.81. The number of para-hydroxylation sites is 1. The van der Waals surface area contributed by atoms with E-state index in [9.17, 15) is 13.2 Å². The third-order valence-corrected chi connectivity index (χ3v) is 6.10. The predicted molar refractivity (Wildman–Crippen MR) is 90.0 cm³/mol. The van der Waals surface area contributed by atoms with Crippen LogP contribution >= 0.6 is 0 Å². The monoisotopic (exact) mass is 337 g/mol. The Bertz CT molecular complexity index is 696. The number of sulfonamides is 1. The summed E-state index contributed by atoms with van der Waals surface area (Å²) in [6, 6.07) is 7.79. The standard InChI is InChI=1S/C16H23N3O3S/c1-13(17-9-11-18(12-10-17)23(2,21)22)16(20)19-8-7-14-5-3-4-6-15(14)19/h3-6,13H,7-12H2,1-2H3/t13-/m1/s1. The largest absolute Gasteiger partial charge is 0.310 e. The van der Waals surface area contributed by atoms with Crippen molar-refractivity contribution in [3.63, 3.8) is 0 Å². The molecule has 23 heavy (non-hydrogen) atoms. The van der Waals surface area contributed by atoms with Gasteiger partial charge in [-0.2, -0.15) is 4.31 Å². The number of piperazine rings is 1. The van der Waals surface area contributed by atoms with Crippen LogP contribution in [0.1, 0.15) is 12.5 Å². The number of benzene rings is 1. The SMILES string of the molecule is C[C@H](C(=O)N1CCc2ccccc21)N1CCN(S(C)(=O)=O)CC1. The molecule has 3 rings (SSSR count). The molecule has 7 heteroatoms. The van der Waals surface area contributed by atoms with Crippen LogP contribution in [0.4, 0.5) is 5.69 Å². The maximum Gasteiger partial charge on any atom is 0.244 e. The van der Waals surface area contributed by atoms with Crippen LogP contribution < -0.4 is 4.90 Å². The van der Waals surface area contributed by atoms with Crippen LogP contribution in [0.25, 0.3) is 0 Å². The van der Waals surface area contributed by atoms with E-state index in [1.54, 1.807) is 0 Å². The maximum absolute atomic E-state index is 12.8. The lowest BCUT2D eigenvalue weighted by atomic mass is 10.1. The highest BCUT2D eigenvalue weighted by atomic mass is 32.2. The molecule has 1 atom stereocenters. The zero-order valence-electron chi connectivity index (χ0n) is 13.6. The first kappa shape index (κ1) is 16.4. The summed E-state index contributed by atoms with van der Waals surface area (Å²) in [6.45, 7) is 4.73. The van der Waals surface area contributed by atoms with E-state index in [4.69, 9.17) is 0 Å². The Morgan fingerprint density at radius 3 is 2.39 bits per heavy atom. The van der Waals surface area contributed by atoms with E-state index in [1.807, 2.05) is 30.0 Å². The number of rotatable bonds is 3. The van der Waals surface area contributed by atoms with Gasteiger partial charge in [0.2, 0.25) is 15.9 Å². The van der Waals surface area contributed by atoms with Gasteiger partial charge in [-0.15, -0.1) is 0 Å². The van der Waals surface area contributed by atoms with Gasteiger partial charge in [-0.05, 0) is 25.0 Å². The topological polar surface area (TPSA) is 60.9 Å². The normalized spacial score (nSPS) is 21.2. The summed E-state index contributed by atoms with van der Waals surface area (Å²) >= 11 is 0. The van der Waals surface area contributed by atoms with E-state index < -0.39 is 10.0 Å². The molecule has 1 aromatic rings. The van der Waals surface area contributed by atoms with E-state index in [0.717, 1.165) is 18.7 Å². The number of hydrogen-bond donors (Lipinski definition) is 0. The number of carbonyl (C=O) groups excluding carboxylic acids is 1. The average Bonchev–Trinajstić information content (AvgIpc) is 2.97. The number of fused-ring (bicyclic) bond motifs is 1. The van der Waals surface area contributed by atoms with Crippen LogP contribution in [0.2, 0.25) is 0 Å². The first-order valence-electron chi connectivity index (χ1n) is 7.96. The fraction of sp³-hybridized carbons (Fsp3) is 0.562. The third-order valence-electron chi connectivity index (χ3n) is 4.80. The van der Waals surface area contributed by atoms with Gasteiger partial charge in [-0.25, -0.2) is 8.42 Å². The Morgan fingerprint density at radius 1 is 1.09 bits per heavy atom. The summed E-state index contributed by atoms with van der Waals surface area (Å²) in [5.74, 6) is 0.0998. The van der Waals surface area contributed by atoms with Crippen LogP contribution in [0.3, 0.4) is 0 Å². The van der Waals surface area contributed by atoms with Crippen molar-refractivity contribution in [2.24, 2.45) is 0 Å². The molecule has 6 nitrogen and oxygen atoms in total. The molecule has 1 fully saturated rings. The predicted octanol–water partition coefficient (Wildman–Crippen LogP) is 0.541. The Hall–Kier alpha value is -1.44. The molecule has 1 saturated heterocycles. The molecule has 0 spiro atoms. The van der Waals surface area contributed by atoms with Crippen LogP contribution in [0, 0.1) is 0 Å². The van der Waals surface area contributed by atoms with Crippen molar-refractivity contribution in [2.75, 3.05) is 43.9 Å². The van der Waals surface area contributed by atoms with Crippen molar-refractivity contribution in [1.29, 1.82) is 0 Å². The molecule has 0 unspecified atom stereocenters. The summed E-state index contributed by atoms with van der Waals surface area (Å²) in [7, 11) is -3.14. The molecule has 2 heterocycles. The Morgan fingerprint density at radius 2 is 1.74 bits per heavy atom. The second-order valence-electron chi connectivity index (χ2n) is 6.24. The highest BCUT2D eigenvalue weighted by Gasteiger charge is 2.33. The minimum Gasteiger partial charge on any atom is -0.310 e. The number of hydrogen-bond acceptors (Lipinski definition) is 4. The number of nitrogens with zero attached hydrogens (tertiary/aromatic N) is 3. The van der Waals surface area contributed by atoms with Crippen molar-refractivity contribution in [3.05, 3.63) is 29.8 Å². The minimum atomic E-state index is -3.14. The molecule has 126 valence electrons. The first-order chi connectivity index (χ1) is 10.9. The molecule has 1 aromatic carbocycles. The summed E-state index contributed by atoms with van der Waals surface area (Å²) < 4.78 is 24.6. The van der Waals surface area contributed by atoms with Gasteiger partial charge < -0.3 is 4.90 Å². The van der Waals surface area contributed by atoms with E-state index in [1.165, 1.54) is 16.1 Å². The Labute approximate surface area is 137 Å². The van der Waals surface area contributed by atoms with Crippen molar-refractivity contribution < 1.29 is 13.2 Å². The molecule has 0 radical (unpaired) electrons. The summed E-state index contributed by atoms with van der Waals surface area (Å²) in [5, 5.41) is 0. The van der Waals surface area contributed by atoms with Crippen molar-refractivity contribution in [1.82, 2.24) is 9.21 Å². The fourth-order valence-electron chi connectivity index (χ4n) is 3.37. The minimum absolute atomic E-state index is 0.0998. The van der Waals surface area contributed by atoms with Crippen LogP contribution in [-0.2, 0) is 21.2 Å². The quantitative estimate of drug-likeness (QED) is 0.808. The average molecular weight is 337 g/mol. The van der Waals surface area contributed by atoms with Gasteiger partial charge in [0, 0.05) is 38.4 Å². The zero-order valence-corrected chi connectivity index (χ0v) is 14.4. The van der Waals surface area contributed by atoms with E-state index in [2.05, 4.69) is 11.0 Å².